The minimum absolute atomic E-state index is 0.331. The summed E-state index contributed by atoms with van der Waals surface area (Å²) in [4.78, 5) is 2.45. The molecule has 1 aliphatic carbocycles. The molecule has 0 bridgehead atoms. The average Bonchev–Trinajstić information content (AvgIpc) is 3.69. The van der Waals surface area contributed by atoms with Crippen molar-refractivity contribution in [1.29, 1.82) is 0 Å². The van der Waals surface area contributed by atoms with Crippen LogP contribution in [0.15, 0.2) is 180 Å². The van der Waals surface area contributed by atoms with Crippen molar-refractivity contribution in [2.75, 3.05) is 4.90 Å². The van der Waals surface area contributed by atoms with Crippen LogP contribution in [-0.2, 0) is 5.41 Å². The van der Waals surface area contributed by atoms with Crippen LogP contribution < -0.4 is 4.90 Å². The van der Waals surface area contributed by atoms with Crippen LogP contribution >= 0.6 is 0 Å². The van der Waals surface area contributed by atoms with Crippen molar-refractivity contribution >= 4 is 49.8 Å². The highest BCUT2D eigenvalue weighted by Crippen LogP contribution is 2.59. The van der Waals surface area contributed by atoms with E-state index >= 15 is 0 Å². The maximum absolute atomic E-state index is 6.68. The molecule has 0 unspecified atom stereocenters. The second kappa shape index (κ2) is 11.3. The van der Waals surface area contributed by atoms with Gasteiger partial charge in [0.25, 0.3) is 0 Å². The largest absolute Gasteiger partial charge is 0.455 e. The summed E-state index contributed by atoms with van der Waals surface area (Å²) in [5, 5.41) is 4.77. The third kappa shape index (κ3) is 4.50. The molecule has 10 rings (SSSR count). The number of rotatable bonds is 5. The van der Waals surface area contributed by atoms with Crippen LogP contribution in [0.3, 0.4) is 0 Å². The van der Waals surface area contributed by atoms with Gasteiger partial charge in [-0.15, -0.1) is 0 Å². The topological polar surface area (TPSA) is 16.4 Å². The van der Waals surface area contributed by atoms with Crippen LogP contribution in [0, 0.1) is 0 Å². The highest BCUT2D eigenvalue weighted by Gasteiger charge is 2.42. The predicted molar refractivity (Wildman–Crippen MR) is 214 cm³/mol. The quantitative estimate of drug-likeness (QED) is 0.184. The molecular weight excluding hydrogens is 619 g/mol. The smallest absolute Gasteiger partial charge is 0.143 e. The van der Waals surface area contributed by atoms with E-state index in [0.29, 0.717) is 0 Å². The van der Waals surface area contributed by atoms with Crippen LogP contribution in [0.1, 0.15) is 25.0 Å². The Morgan fingerprint density at radius 3 is 1.55 bits per heavy atom. The number of hydrogen-bond acceptors (Lipinski definition) is 2. The molecule has 0 fully saturated rings. The van der Waals surface area contributed by atoms with E-state index in [9.17, 15) is 0 Å². The Labute approximate surface area is 297 Å². The first-order valence-electron chi connectivity index (χ1n) is 17.7. The monoisotopic (exact) mass is 653 g/mol. The zero-order valence-corrected chi connectivity index (χ0v) is 28.6. The lowest BCUT2D eigenvalue weighted by atomic mass is 9.78. The van der Waals surface area contributed by atoms with Crippen molar-refractivity contribution < 1.29 is 4.42 Å². The van der Waals surface area contributed by atoms with Gasteiger partial charge in [-0.3, -0.25) is 0 Å². The molecule has 0 amide bonds. The van der Waals surface area contributed by atoms with Gasteiger partial charge in [-0.05, 0) is 86.3 Å². The lowest BCUT2D eigenvalue weighted by molar-refractivity contribution is 0.659. The summed E-state index contributed by atoms with van der Waals surface area (Å²) in [6, 6.07) is 63.3. The molecule has 0 saturated heterocycles. The number of fused-ring (bicyclic) bond motifs is 10. The van der Waals surface area contributed by atoms with Gasteiger partial charge in [0.05, 0.1) is 5.69 Å². The summed E-state index contributed by atoms with van der Waals surface area (Å²) in [6.45, 7) is 4.79. The Bertz CT molecular complexity index is 2660. The number of anilines is 3. The number of benzene rings is 8. The predicted octanol–water partition coefficient (Wildman–Crippen LogP) is 13.8. The van der Waals surface area contributed by atoms with E-state index in [4.69, 9.17) is 4.42 Å². The number of nitrogens with zero attached hydrogens (tertiary/aromatic N) is 1. The van der Waals surface area contributed by atoms with Gasteiger partial charge in [0.15, 0.2) is 0 Å². The third-order valence-corrected chi connectivity index (χ3v) is 10.8. The third-order valence-electron chi connectivity index (χ3n) is 10.8. The number of hydrogen-bond donors (Lipinski definition) is 0. The number of furan rings is 1. The molecule has 8 aromatic carbocycles. The molecule has 0 aliphatic heterocycles. The molecule has 51 heavy (non-hydrogen) atoms. The van der Waals surface area contributed by atoms with E-state index < -0.39 is 0 Å². The molecule has 0 atom stereocenters. The lowest BCUT2D eigenvalue weighted by Crippen LogP contribution is -2.21. The first-order valence-corrected chi connectivity index (χ1v) is 17.7. The summed E-state index contributed by atoms with van der Waals surface area (Å²) >= 11 is 0. The summed E-state index contributed by atoms with van der Waals surface area (Å²) < 4.78 is 6.68. The van der Waals surface area contributed by atoms with Crippen LogP contribution in [0.4, 0.5) is 17.1 Å². The van der Waals surface area contributed by atoms with E-state index in [0.717, 1.165) is 27.9 Å². The Hall–Kier alpha value is -6.38. The lowest BCUT2D eigenvalue weighted by Gasteiger charge is -2.32. The van der Waals surface area contributed by atoms with Gasteiger partial charge in [0, 0.05) is 32.9 Å². The van der Waals surface area contributed by atoms with E-state index in [1.807, 2.05) is 0 Å². The molecule has 0 N–H and O–H groups in total. The normalized spacial score (nSPS) is 13.1. The summed E-state index contributed by atoms with van der Waals surface area (Å²) in [7, 11) is 0. The van der Waals surface area contributed by atoms with Crippen molar-refractivity contribution in [1.82, 2.24) is 0 Å². The van der Waals surface area contributed by atoms with Crippen LogP contribution in [0.5, 0.6) is 0 Å². The van der Waals surface area contributed by atoms with Crippen LogP contribution in [-0.4, -0.2) is 0 Å². The minimum atomic E-state index is -0.331. The summed E-state index contributed by atoms with van der Waals surface area (Å²) in [5.74, 6) is 0. The average molecular weight is 654 g/mol. The van der Waals surface area contributed by atoms with Gasteiger partial charge in [-0.2, -0.15) is 0 Å². The van der Waals surface area contributed by atoms with E-state index in [1.54, 1.807) is 0 Å². The molecular formula is C49H35NO. The molecule has 242 valence electrons. The van der Waals surface area contributed by atoms with Crippen molar-refractivity contribution in [2.24, 2.45) is 0 Å². The van der Waals surface area contributed by atoms with Crippen molar-refractivity contribution in [3.8, 4) is 33.4 Å². The Morgan fingerprint density at radius 1 is 0.431 bits per heavy atom. The van der Waals surface area contributed by atoms with Crippen molar-refractivity contribution in [2.45, 2.75) is 19.3 Å². The first-order chi connectivity index (χ1) is 25.1. The van der Waals surface area contributed by atoms with Gasteiger partial charge >= 0.3 is 0 Å². The number of para-hydroxylation sites is 1. The molecule has 1 aliphatic rings. The van der Waals surface area contributed by atoms with Crippen LogP contribution in [0.25, 0.3) is 66.1 Å². The van der Waals surface area contributed by atoms with Gasteiger partial charge in [-0.25, -0.2) is 0 Å². The zero-order valence-electron chi connectivity index (χ0n) is 28.6. The molecule has 1 aromatic heterocycles. The molecule has 2 heteroatoms. The molecule has 9 aromatic rings. The Balaban J connectivity index is 1.22. The fourth-order valence-corrected chi connectivity index (χ4v) is 8.56. The molecule has 2 nitrogen and oxygen atoms in total. The van der Waals surface area contributed by atoms with Gasteiger partial charge in [-0.1, -0.05) is 153 Å². The second-order valence-corrected chi connectivity index (χ2v) is 14.1. The molecule has 1 heterocycles. The maximum atomic E-state index is 6.68. The highest BCUT2D eigenvalue weighted by molar-refractivity contribution is 6.23. The highest BCUT2D eigenvalue weighted by atomic mass is 16.3. The van der Waals surface area contributed by atoms with E-state index in [1.165, 1.54) is 66.4 Å². The van der Waals surface area contributed by atoms with Gasteiger partial charge < -0.3 is 9.32 Å². The maximum Gasteiger partial charge on any atom is 0.143 e. The second-order valence-electron chi connectivity index (χ2n) is 14.1. The SMILES string of the molecule is CC1(C)c2c(cccc2N(c2ccc(-c3ccccc3)cc2)c2ccc(-c3ccccc3)cc2)-c2c1c1c3ccccc3oc1c1ccccc21. The molecule has 0 radical (unpaired) electrons. The summed E-state index contributed by atoms with van der Waals surface area (Å²) in [6.07, 6.45) is 0. The molecule has 0 spiro atoms. The van der Waals surface area contributed by atoms with Gasteiger partial charge in [0.1, 0.15) is 11.2 Å². The minimum Gasteiger partial charge on any atom is -0.455 e. The van der Waals surface area contributed by atoms with E-state index in [2.05, 4.69) is 195 Å². The fourth-order valence-electron chi connectivity index (χ4n) is 8.56. The van der Waals surface area contributed by atoms with Gasteiger partial charge in [0.2, 0.25) is 0 Å². The van der Waals surface area contributed by atoms with Crippen molar-refractivity contribution in [3.63, 3.8) is 0 Å². The zero-order chi connectivity index (χ0) is 34.1. The van der Waals surface area contributed by atoms with Crippen LogP contribution in [0.2, 0.25) is 0 Å². The van der Waals surface area contributed by atoms with E-state index in [-0.39, 0.29) is 5.41 Å². The Morgan fingerprint density at radius 2 is 0.941 bits per heavy atom. The first kappa shape index (κ1) is 29.5. The molecule has 0 saturated carbocycles. The fraction of sp³-hybridized carbons (Fsp3) is 0.0612. The standard InChI is InChI=1S/C49H35NO/c1-49(2)46-41(44-38-18-9-10-19-39(38)48-45(47(44)49)40-20-11-12-23-43(40)51-48)21-13-22-42(46)50(36-28-24-34(25-29-36)32-14-5-3-6-15-32)37-30-26-35(27-31-37)33-16-7-4-8-17-33/h3-31H,1-2H3. The van der Waals surface area contributed by atoms with Crippen molar-refractivity contribution in [3.05, 3.63) is 187 Å². The summed E-state index contributed by atoms with van der Waals surface area (Å²) in [5.41, 5.74) is 15.0. The Kier molecular flexibility index (Phi) is 6.56.